The van der Waals surface area contributed by atoms with Gasteiger partial charge in [0.05, 0.1) is 0 Å². The van der Waals surface area contributed by atoms with Gasteiger partial charge in [0.2, 0.25) is 0 Å². The Bertz CT molecular complexity index is 607. The lowest BCUT2D eigenvalue weighted by atomic mass is 9.96. The summed E-state index contributed by atoms with van der Waals surface area (Å²) in [7, 11) is 1.99. The van der Waals surface area contributed by atoms with E-state index in [1.54, 1.807) is 11.8 Å². The number of aryl methyl sites for hydroxylation is 3. The van der Waals surface area contributed by atoms with E-state index in [4.69, 9.17) is 0 Å². The smallest absolute Gasteiger partial charge is 0.123 e. The lowest BCUT2D eigenvalue weighted by Gasteiger charge is -2.20. The molecule has 0 saturated carbocycles. The zero-order valence-electron chi connectivity index (χ0n) is 13.0. The first-order chi connectivity index (χ1) is 10.0. The summed E-state index contributed by atoms with van der Waals surface area (Å²) in [5.41, 5.74) is 5.31. The third kappa shape index (κ3) is 4.08. The van der Waals surface area contributed by atoms with Crippen molar-refractivity contribution in [2.75, 3.05) is 12.8 Å². The van der Waals surface area contributed by atoms with Gasteiger partial charge >= 0.3 is 0 Å². The van der Waals surface area contributed by atoms with Crippen molar-refractivity contribution in [2.24, 2.45) is 0 Å². The van der Waals surface area contributed by atoms with Crippen molar-refractivity contribution in [1.82, 2.24) is 5.32 Å². The van der Waals surface area contributed by atoms with Crippen LogP contribution in [0.15, 0.2) is 41.3 Å². The first kappa shape index (κ1) is 16.1. The first-order valence-electron chi connectivity index (χ1n) is 7.14. The van der Waals surface area contributed by atoms with Crippen LogP contribution >= 0.6 is 11.8 Å². The SMILES string of the molecule is CNC(CSc1ccc(F)cc1)c1cc(C)c(C)cc1C. The molecular formula is C18H22FNS. The second-order valence-electron chi connectivity index (χ2n) is 5.40. The minimum Gasteiger partial charge on any atom is -0.312 e. The van der Waals surface area contributed by atoms with Crippen LogP contribution in [-0.4, -0.2) is 12.8 Å². The predicted octanol–water partition coefficient (Wildman–Crippen LogP) is 4.80. The van der Waals surface area contributed by atoms with Crippen molar-refractivity contribution in [3.63, 3.8) is 0 Å². The Hall–Kier alpha value is -1.32. The van der Waals surface area contributed by atoms with Crippen LogP contribution in [0.1, 0.15) is 28.3 Å². The molecule has 2 aromatic carbocycles. The van der Waals surface area contributed by atoms with Crippen molar-refractivity contribution < 1.29 is 4.39 Å². The number of nitrogens with one attached hydrogen (secondary N) is 1. The topological polar surface area (TPSA) is 12.0 Å². The molecule has 1 atom stereocenters. The zero-order chi connectivity index (χ0) is 15.4. The highest BCUT2D eigenvalue weighted by Gasteiger charge is 2.13. The molecule has 1 N–H and O–H groups in total. The number of halogens is 1. The van der Waals surface area contributed by atoms with Gasteiger partial charge in [0, 0.05) is 16.7 Å². The molecule has 0 amide bonds. The van der Waals surface area contributed by atoms with Gasteiger partial charge in [-0.15, -0.1) is 11.8 Å². The van der Waals surface area contributed by atoms with Crippen LogP contribution in [0.2, 0.25) is 0 Å². The van der Waals surface area contributed by atoms with Crippen LogP contribution < -0.4 is 5.32 Å². The summed E-state index contributed by atoms with van der Waals surface area (Å²) in [6.45, 7) is 6.46. The fourth-order valence-corrected chi connectivity index (χ4v) is 3.43. The Morgan fingerprint density at radius 3 is 2.24 bits per heavy atom. The molecular weight excluding hydrogens is 281 g/mol. The zero-order valence-corrected chi connectivity index (χ0v) is 13.9. The van der Waals surface area contributed by atoms with E-state index < -0.39 is 0 Å². The molecule has 21 heavy (non-hydrogen) atoms. The molecule has 0 aliphatic carbocycles. The molecule has 1 nitrogen and oxygen atoms in total. The normalized spacial score (nSPS) is 12.4. The highest BCUT2D eigenvalue weighted by molar-refractivity contribution is 7.99. The number of rotatable bonds is 5. The molecule has 0 aliphatic rings. The van der Waals surface area contributed by atoms with Crippen molar-refractivity contribution in [2.45, 2.75) is 31.7 Å². The lowest BCUT2D eigenvalue weighted by molar-refractivity contribution is 0.626. The van der Waals surface area contributed by atoms with Gasteiger partial charge in [-0.3, -0.25) is 0 Å². The van der Waals surface area contributed by atoms with Crippen molar-refractivity contribution in [3.8, 4) is 0 Å². The van der Waals surface area contributed by atoms with Crippen LogP contribution in [0, 0.1) is 26.6 Å². The summed E-state index contributed by atoms with van der Waals surface area (Å²) in [5, 5.41) is 3.39. The minimum absolute atomic E-state index is 0.186. The average molecular weight is 303 g/mol. The fourth-order valence-electron chi connectivity index (χ4n) is 2.40. The van der Waals surface area contributed by atoms with Gasteiger partial charge in [-0.2, -0.15) is 0 Å². The Kier molecular flexibility index (Phi) is 5.43. The van der Waals surface area contributed by atoms with E-state index in [2.05, 4.69) is 38.2 Å². The molecule has 0 radical (unpaired) electrons. The van der Waals surface area contributed by atoms with Crippen molar-refractivity contribution >= 4 is 11.8 Å². The second kappa shape index (κ2) is 7.10. The summed E-state index contributed by atoms with van der Waals surface area (Å²) in [5.74, 6) is 0.736. The third-order valence-corrected chi connectivity index (χ3v) is 4.94. The third-order valence-electron chi connectivity index (χ3n) is 3.84. The molecule has 0 aliphatic heterocycles. The number of hydrogen-bond donors (Lipinski definition) is 1. The van der Waals surface area contributed by atoms with E-state index in [0.717, 1.165) is 10.6 Å². The molecule has 1 unspecified atom stereocenters. The Morgan fingerprint density at radius 2 is 1.62 bits per heavy atom. The number of thioether (sulfide) groups is 1. The Morgan fingerprint density at radius 1 is 1.00 bits per heavy atom. The fraction of sp³-hybridized carbons (Fsp3) is 0.333. The van der Waals surface area contributed by atoms with Gasteiger partial charge in [-0.1, -0.05) is 12.1 Å². The molecule has 0 heterocycles. The molecule has 0 bridgehead atoms. The lowest BCUT2D eigenvalue weighted by Crippen LogP contribution is -2.20. The Balaban J connectivity index is 2.13. The van der Waals surface area contributed by atoms with Gasteiger partial charge in [-0.05, 0) is 74.3 Å². The maximum absolute atomic E-state index is 12.9. The predicted molar refractivity (Wildman–Crippen MR) is 89.6 cm³/mol. The van der Waals surface area contributed by atoms with Gasteiger partial charge < -0.3 is 5.32 Å². The molecule has 112 valence electrons. The maximum Gasteiger partial charge on any atom is 0.123 e. The molecule has 0 spiro atoms. The van der Waals surface area contributed by atoms with Crippen molar-refractivity contribution in [1.29, 1.82) is 0 Å². The summed E-state index contributed by atoms with van der Waals surface area (Å²) in [6, 6.07) is 11.5. The van der Waals surface area contributed by atoms with Crippen LogP contribution in [0.25, 0.3) is 0 Å². The van der Waals surface area contributed by atoms with E-state index in [9.17, 15) is 4.39 Å². The van der Waals surface area contributed by atoms with Crippen LogP contribution in [0.3, 0.4) is 0 Å². The van der Waals surface area contributed by atoms with E-state index in [0.29, 0.717) is 6.04 Å². The standard InChI is InChI=1S/C18H22FNS/c1-12-9-14(3)17(10-13(12)2)18(20-4)11-21-16-7-5-15(19)6-8-16/h5-10,18,20H,11H2,1-4H3. The quantitative estimate of drug-likeness (QED) is 0.796. The minimum atomic E-state index is -0.186. The van der Waals surface area contributed by atoms with E-state index in [-0.39, 0.29) is 5.82 Å². The van der Waals surface area contributed by atoms with E-state index >= 15 is 0 Å². The maximum atomic E-state index is 12.9. The molecule has 0 aromatic heterocycles. The number of benzene rings is 2. The molecule has 0 saturated heterocycles. The largest absolute Gasteiger partial charge is 0.312 e. The number of hydrogen-bond acceptors (Lipinski definition) is 2. The van der Waals surface area contributed by atoms with Crippen LogP contribution in [0.5, 0.6) is 0 Å². The second-order valence-corrected chi connectivity index (χ2v) is 6.49. The van der Waals surface area contributed by atoms with Gasteiger partial charge in [0.25, 0.3) is 0 Å². The molecule has 0 fully saturated rings. The summed E-state index contributed by atoms with van der Waals surface area (Å²) < 4.78 is 12.9. The highest BCUT2D eigenvalue weighted by Crippen LogP contribution is 2.28. The van der Waals surface area contributed by atoms with E-state index in [1.807, 2.05) is 19.2 Å². The molecule has 3 heteroatoms. The summed E-state index contributed by atoms with van der Waals surface area (Å²) in [4.78, 5) is 1.10. The van der Waals surface area contributed by atoms with Gasteiger partial charge in [0.1, 0.15) is 5.82 Å². The summed E-state index contributed by atoms with van der Waals surface area (Å²) >= 11 is 1.75. The molecule has 2 aromatic rings. The Labute approximate surface area is 131 Å². The average Bonchev–Trinajstić information content (AvgIpc) is 2.46. The van der Waals surface area contributed by atoms with E-state index in [1.165, 1.54) is 34.4 Å². The van der Waals surface area contributed by atoms with Crippen molar-refractivity contribution in [3.05, 3.63) is 64.5 Å². The monoisotopic (exact) mass is 303 g/mol. The highest BCUT2D eigenvalue weighted by atomic mass is 32.2. The van der Waals surface area contributed by atoms with Gasteiger partial charge in [0.15, 0.2) is 0 Å². The summed E-state index contributed by atoms with van der Waals surface area (Å²) in [6.07, 6.45) is 0. The molecule has 2 rings (SSSR count). The first-order valence-corrected chi connectivity index (χ1v) is 8.13. The van der Waals surface area contributed by atoms with Crippen LogP contribution in [-0.2, 0) is 0 Å². The van der Waals surface area contributed by atoms with Crippen LogP contribution in [0.4, 0.5) is 4.39 Å². The van der Waals surface area contributed by atoms with Gasteiger partial charge in [-0.25, -0.2) is 4.39 Å².